The van der Waals surface area contributed by atoms with Crippen LogP contribution in [-0.2, 0) is 16.6 Å². The lowest BCUT2D eigenvalue weighted by Gasteiger charge is -2.07. The first kappa shape index (κ1) is 13.2. The number of thiazole rings is 1. The van der Waals surface area contributed by atoms with Crippen LogP contribution in [0.1, 0.15) is 30.9 Å². The summed E-state index contributed by atoms with van der Waals surface area (Å²) < 4.78 is 6.54. The third kappa shape index (κ3) is 2.33. The second kappa shape index (κ2) is 5.32. The van der Waals surface area contributed by atoms with E-state index in [1.54, 1.807) is 16.0 Å². The van der Waals surface area contributed by atoms with Crippen molar-refractivity contribution in [3.05, 3.63) is 17.4 Å². The van der Waals surface area contributed by atoms with E-state index in [4.69, 9.17) is 4.74 Å². The Morgan fingerprint density at radius 1 is 1.50 bits per heavy atom. The Bertz CT molecular complexity index is 621. The molecular weight excluding hydrogens is 276 g/mol. The van der Waals surface area contributed by atoms with Gasteiger partial charge in [0, 0.05) is 18.3 Å². The number of nitrogens with zero attached hydrogens (tertiary/aromatic N) is 4. The predicted molar refractivity (Wildman–Crippen MR) is 74.2 cm³/mol. The first-order chi connectivity index (χ1) is 9.69. The van der Waals surface area contributed by atoms with E-state index in [0.29, 0.717) is 5.92 Å². The molecule has 0 aliphatic heterocycles. The molecule has 1 fully saturated rings. The van der Waals surface area contributed by atoms with Crippen LogP contribution in [0.15, 0.2) is 11.7 Å². The average Bonchev–Trinajstić information content (AvgIpc) is 3.16. The number of hydrogen-bond donors (Lipinski definition) is 0. The van der Waals surface area contributed by atoms with Crippen LogP contribution in [0.2, 0.25) is 0 Å². The number of aromatic nitrogens is 4. The number of carbonyl (C=O) groups excluding carboxylic acids is 1. The minimum absolute atomic E-state index is 0.0185. The highest BCUT2D eigenvalue weighted by Crippen LogP contribution is 2.39. The molecule has 2 aromatic heterocycles. The molecule has 6 nitrogen and oxygen atoms in total. The van der Waals surface area contributed by atoms with Gasteiger partial charge in [0.1, 0.15) is 6.33 Å². The SMILES string of the molecule is COC(=O)[C@@H]1CC[C@H](c2csc(-c3ncnn3C)n2)C1. The summed E-state index contributed by atoms with van der Waals surface area (Å²) in [5.74, 6) is 1.04. The maximum atomic E-state index is 11.6. The summed E-state index contributed by atoms with van der Waals surface area (Å²) in [5, 5.41) is 7.00. The summed E-state index contributed by atoms with van der Waals surface area (Å²) >= 11 is 1.57. The van der Waals surface area contributed by atoms with Crippen molar-refractivity contribution in [1.82, 2.24) is 19.7 Å². The second-order valence-electron chi connectivity index (χ2n) is 5.01. The lowest BCUT2D eigenvalue weighted by atomic mass is 10.0. The van der Waals surface area contributed by atoms with Gasteiger partial charge in [-0.15, -0.1) is 11.3 Å². The largest absolute Gasteiger partial charge is 0.469 e. The molecule has 3 rings (SSSR count). The van der Waals surface area contributed by atoms with E-state index in [2.05, 4.69) is 20.4 Å². The summed E-state index contributed by atoms with van der Waals surface area (Å²) in [6.45, 7) is 0. The molecule has 2 aromatic rings. The monoisotopic (exact) mass is 292 g/mol. The summed E-state index contributed by atoms with van der Waals surface area (Å²) in [5.41, 5.74) is 1.06. The summed E-state index contributed by atoms with van der Waals surface area (Å²) in [7, 11) is 3.30. The Hall–Kier alpha value is -1.76. The van der Waals surface area contributed by atoms with Gasteiger partial charge in [-0.25, -0.2) is 14.6 Å². The number of hydrogen-bond acceptors (Lipinski definition) is 6. The van der Waals surface area contributed by atoms with Crippen LogP contribution in [0.5, 0.6) is 0 Å². The van der Waals surface area contributed by atoms with Crippen LogP contribution in [-0.4, -0.2) is 32.8 Å². The van der Waals surface area contributed by atoms with Gasteiger partial charge in [-0.3, -0.25) is 4.79 Å². The maximum Gasteiger partial charge on any atom is 0.308 e. The maximum absolute atomic E-state index is 11.6. The lowest BCUT2D eigenvalue weighted by Crippen LogP contribution is -2.12. The fourth-order valence-corrected chi connectivity index (χ4v) is 3.62. The van der Waals surface area contributed by atoms with Crippen LogP contribution in [0.4, 0.5) is 0 Å². The van der Waals surface area contributed by atoms with Crippen molar-refractivity contribution < 1.29 is 9.53 Å². The Morgan fingerprint density at radius 3 is 3.05 bits per heavy atom. The van der Waals surface area contributed by atoms with Crippen LogP contribution in [0.25, 0.3) is 10.8 Å². The van der Waals surface area contributed by atoms with Crippen LogP contribution >= 0.6 is 11.3 Å². The van der Waals surface area contributed by atoms with Crippen LogP contribution < -0.4 is 0 Å². The molecule has 2 heterocycles. The van der Waals surface area contributed by atoms with Crippen molar-refractivity contribution in [2.45, 2.75) is 25.2 Å². The van der Waals surface area contributed by atoms with Crippen molar-refractivity contribution >= 4 is 17.3 Å². The highest BCUT2D eigenvalue weighted by molar-refractivity contribution is 7.13. The smallest absolute Gasteiger partial charge is 0.308 e. The number of esters is 1. The van der Waals surface area contributed by atoms with Gasteiger partial charge in [0.2, 0.25) is 0 Å². The molecule has 0 radical (unpaired) electrons. The van der Waals surface area contributed by atoms with Crippen molar-refractivity contribution in [3.63, 3.8) is 0 Å². The zero-order valence-electron chi connectivity index (χ0n) is 11.4. The predicted octanol–water partition coefficient (Wildman–Crippen LogP) is 2.00. The number of aryl methyl sites for hydroxylation is 1. The van der Waals surface area contributed by atoms with Gasteiger partial charge in [-0.05, 0) is 19.3 Å². The Morgan fingerprint density at radius 2 is 2.35 bits per heavy atom. The Labute approximate surface area is 120 Å². The number of carbonyl (C=O) groups is 1. The molecule has 0 aromatic carbocycles. The van der Waals surface area contributed by atoms with E-state index >= 15 is 0 Å². The van der Waals surface area contributed by atoms with Gasteiger partial charge in [-0.2, -0.15) is 5.10 Å². The van der Waals surface area contributed by atoms with Crippen LogP contribution in [0.3, 0.4) is 0 Å². The van der Waals surface area contributed by atoms with Gasteiger partial charge in [0.25, 0.3) is 0 Å². The minimum atomic E-state index is -0.101. The second-order valence-corrected chi connectivity index (χ2v) is 5.87. The zero-order chi connectivity index (χ0) is 14.1. The zero-order valence-corrected chi connectivity index (χ0v) is 12.3. The molecule has 20 heavy (non-hydrogen) atoms. The van der Waals surface area contributed by atoms with Gasteiger partial charge >= 0.3 is 5.97 Å². The highest BCUT2D eigenvalue weighted by atomic mass is 32.1. The quantitative estimate of drug-likeness (QED) is 0.809. The molecule has 0 N–H and O–H groups in total. The van der Waals surface area contributed by atoms with Crippen molar-refractivity contribution in [2.75, 3.05) is 7.11 Å². The molecule has 2 atom stereocenters. The lowest BCUT2D eigenvalue weighted by molar-refractivity contribution is -0.145. The number of rotatable bonds is 3. The first-order valence-corrected chi connectivity index (χ1v) is 7.44. The van der Waals surface area contributed by atoms with E-state index in [1.165, 1.54) is 13.4 Å². The standard InChI is InChI=1S/C13H16N4O2S/c1-17-11(14-7-15-17)12-16-10(6-20-12)8-3-4-9(5-8)13(18)19-2/h6-9H,3-5H2,1-2H3/t8-,9+/m0/s1. The minimum Gasteiger partial charge on any atom is -0.469 e. The van der Waals surface area contributed by atoms with E-state index < -0.39 is 0 Å². The normalized spacial score (nSPS) is 22.1. The third-order valence-electron chi connectivity index (χ3n) is 3.81. The molecule has 106 valence electrons. The third-order valence-corrected chi connectivity index (χ3v) is 4.67. The molecule has 0 saturated heterocycles. The molecule has 0 amide bonds. The molecule has 1 aliphatic carbocycles. The number of ether oxygens (including phenoxy) is 1. The fraction of sp³-hybridized carbons (Fsp3) is 0.538. The molecule has 0 spiro atoms. The van der Waals surface area contributed by atoms with Gasteiger partial charge < -0.3 is 4.74 Å². The van der Waals surface area contributed by atoms with E-state index in [9.17, 15) is 4.79 Å². The molecule has 1 saturated carbocycles. The molecule has 1 aliphatic rings. The van der Waals surface area contributed by atoms with Gasteiger partial charge in [-0.1, -0.05) is 0 Å². The summed E-state index contributed by atoms with van der Waals surface area (Å²) in [6, 6.07) is 0. The van der Waals surface area contributed by atoms with E-state index in [1.807, 2.05) is 7.05 Å². The summed E-state index contributed by atoms with van der Waals surface area (Å²) in [4.78, 5) is 20.4. The van der Waals surface area contributed by atoms with Gasteiger partial charge in [0.05, 0.1) is 18.7 Å². The van der Waals surface area contributed by atoms with Crippen molar-refractivity contribution in [2.24, 2.45) is 13.0 Å². The molecule has 0 bridgehead atoms. The van der Waals surface area contributed by atoms with Gasteiger partial charge in [0.15, 0.2) is 10.8 Å². The molecular formula is C13H16N4O2S. The average molecular weight is 292 g/mol. The first-order valence-electron chi connectivity index (χ1n) is 6.56. The van der Waals surface area contributed by atoms with Crippen molar-refractivity contribution in [1.29, 1.82) is 0 Å². The van der Waals surface area contributed by atoms with E-state index in [0.717, 1.165) is 35.8 Å². The molecule has 7 heteroatoms. The summed E-state index contributed by atoms with van der Waals surface area (Å²) in [6.07, 6.45) is 4.23. The fourth-order valence-electron chi connectivity index (χ4n) is 2.70. The van der Waals surface area contributed by atoms with E-state index in [-0.39, 0.29) is 11.9 Å². The van der Waals surface area contributed by atoms with Crippen molar-refractivity contribution in [3.8, 4) is 10.8 Å². The highest BCUT2D eigenvalue weighted by Gasteiger charge is 2.32. The Balaban J connectivity index is 1.75. The van der Waals surface area contributed by atoms with Crippen LogP contribution in [0, 0.1) is 5.92 Å². The topological polar surface area (TPSA) is 69.9 Å². The Kier molecular flexibility index (Phi) is 3.52. The molecule has 0 unspecified atom stereocenters. The number of methoxy groups -OCH3 is 1.